The Morgan fingerprint density at radius 3 is 2.97 bits per heavy atom. The molecular weight excluding hydrogens is 398 g/mol. The summed E-state index contributed by atoms with van der Waals surface area (Å²) in [5.74, 6) is 0.915. The highest BCUT2D eigenvalue weighted by Gasteiger charge is 2.31. The zero-order valence-corrected chi connectivity index (χ0v) is 17.7. The molecule has 4 aromatic rings. The van der Waals surface area contributed by atoms with Crippen LogP contribution in [0.1, 0.15) is 59.4 Å². The average molecular weight is 422 g/mol. The summed E-state index contributed by atoms with van der Waals surface area (Å²) >= 11 is 1.61. The van der Waals surface area contributed by atoms with Crippen LogP contribution >= 0.6 is 11.3 Å². The van der Waals surface area contributed by atoms with Crippen LogP contribution in [0.2, 0.25) is 0 Å². The number of carbonyl (C=O) groups is 1. The van der Waals surface area contributed by atoms with Gasteiger partial charge in [0, 0.05) is 4.88 Å². The predicted octanol–water partition coefficient (Wildman–Crippen LogP) is 3.61. The maximum absolute atomic E-state index is 13.6. The van der Waals surface area contributed by atoms with E-state index in [1.807, 2.05) is 24.3 Å². The fraction of sp³-hybridized carbons (Fsp3) is 0.381. The Hall–Kier alpha value is -3.07. The van der Waals surface area contributed by atoms with Crippen LogP contribution in [0.15, 0.2) is 30.6 Å². The van der Waals surface area contributed by atoms with E-state index in [1.54, 1.807) is 22.3 Å². The molecule has 1 aromatic carbocycles. The Balaban J connectivity index is 1.52. The Bertz CT molecular complexity index is 1160. The zero-order valence-electron chi connectivity index (χ0n) is 16.9. The molecule has 1 amide bonds. The molecule has 0 radical (unpaired) electrons. The van der Waals surface area contributed by atoms with Gasteiger partial charge in [-0.15, -0.1) is 16.4 Å². The first-order valence-corrected chi connectivity index (χ1v) is 11.1. The van der Waals surface area contributed by atoms with Crippen LogP contribution in [0, 0.1) is 5.92 Å². The number of fused-ring (bicyclic) bond motifs is 2. The smallest absolute Gasteiger partial charge is 0.255 e. The van der Waals surface area contributed by atoms with Gasteiger partial charge in [-0.25, -0.2) is 4.98 Å². The van der Waals surface area contributed by atoms with Gasteiger partial charge in [-0.05, 0) is 53.3 Å². The van der Waals surface area contributed by atoms with Crippen LogP contribution in [0.5, 0.6) is 0 Å². The highest BCUT2D eigenvalue weighted by Crippen LogP contribution is 2.38. The SMILES string of the molecule is CC[C@H](C)[C@@H](NC(=O)c1c(-n2cnnn2)sc2c1CCC2)c1nc2ccccc2[nH]1. The number of hydrogen-bond acceptors (Lipinski definition) is 6. The van der Waals surface area contributed by atoms with E-state index in [1.165, 1.54) is 4.88 Å². The van der Waals surface area contributed by atoms with Crippen molar-refractivity contribution < 1.29 is 4.79 Å². The number of nitrogens with one attached hydrogen (secondary N) is 2. The van der Waals surface area contributed by atoms with Crippen LogP contribution in [0.3, 0.4) is 0 Å². The van der Waals surface area contributed by atoms with Gasteiger partial charge in [-0.1, -0.05) is 32.4 Å². The molecule has 1 aliphatic carbocycles. The van der Waals surface area contributed by atoms with Crippen molar-refractivity contribution in [3.05, 3.63) is 52.4 Å². The molecule has 8 nitrogen and oxygen atoms in total. The Morgan fingerprint density at radius 2 is 2.20 bits per heavy atom. The quantitative estimate of drug-likeness (QED) is 0.495. The maximum Gasteiger partial charge on any atom is 0.255 e. The van der Waals surface area contributed by atoms with Gasteiger partial charge < -0.3 is 10.3 Å². The minimum absolute atomic E-state index is 0.0920. The Labute approximate surface area is 177 Å². The number of rotatable bonds is 6. The third-order valence-corrected chi connectivity index (χ3v) is 7.17. The van der Waals surface area contributed by atoms with Crippen molar-refractivity contribution >= 4 is 28.3 Å². The van der Waals surface area contributed by atoms with Crippen molar-refractivity contribution in [1.82, 2.24) is 35.5 Å². The summed E-state index contributed by atoms with van der Waals surface area (Å²) in [6.07, 6.45) is 5.46. The van der Waals surface area contributed by atoms with Gasteiger partial charge in [0.05, 0.1) is 22.6 Å². The topological polar surface area (TPSA) is 101 Å². The van der Waals surface area contributed by atoms with Gasteiger partial charge in [0.1, 0.15) is 17.2 Å². The number of para-hydroxylation sites is 2. The van der Waals surface area contributed by atoms with Crippen molar-refractivity contribution in [2.75, 3.05) is 0 Å². The first-order chi connectivity index (χ1) is 14.7. The van der Waals surface area contributed by atoms with E-state index < -0.39 is 0 Å². The van der Waals surface area contributed by atoms with E-state index in [2.05, 4.69) is 39.7 Å². The van der Waals surface area contributed by atoms with Crippen LogP contribution < -0.4 is 5.32 Å². The molecule has 2 N–H and O–H groups in total. The summed E-state index contributed by atoms with van der Waals surface area (Å²) < 4.78 is 1.59. The number of tetrazole rings is 1. The van der Waals surface area contributed by atoms with Gasteiger partial charge in [-0.3, -0.25) is 4.79 Å². The molecule has 0 unspecified atom stereocenters. The van der Waals surface area contributed by atoms with Crippen molar-refractivity contribution in [3.8, 4) is 5.00 Å². The molecule has 30 heavy (non-hydrogen) atoms. The molecule has 0 saturated carbocycles. The van der Waals surface area contributed by atoms with Gasteiger partial charge in [0.2, 0.25) is 0 Å². The molecule has 3 heterocycles. The monoisotopic (exact) mass is 421 g/mol. The number of carbonyl (C=O) groups excluding carboxylic acids is 1. The molecule has 2 atom stereocenters. The minimum Gasteiger partial charge on any atom is -0.342 e. The van der Waals surface area contributed by atoms with E-state index in [0.717, 1.165) is 53.1 Å². The number of aromatic nitrogens is 6. The van der Waals surface area contributed by atoms with Crippen LogP contribution in [-0.4, -0.2) is 36.1 Å². The number of nitrogens with zero attached hydrogens (tertiary/aromatic N) is 5. The second-order valence-corrected chi connectivity index (χ2v) is 8.85. The van der Waals surface area contributed by atoms with E-state index in [-0.39, 0.29) is 17.9 Å². The minimum atomic E-state index is -0.214. The molecule has 154 valence electrons. The second-order valence-electron chi connectivity index (χ2n) is 7.77. The van der Waals surface area contributed by atoms with Gasteiger partial charge >= 0.3 is 0 Å². The zero-order chi connectivity index (χ0) is 20.7. The number of thiophene rings is 1. The lowest BCUT2D eigenvalue weighted by atomic mass is 9.97. The lowest BCUT2D eigenvalue weighted by molar-refractivity contribution is 0.0920. The number of amides is 1. The standard InChI is InChI=1S/C21H23N7OS/c1-3-12(2)18(19-23-14-8-4-5-9-15(14)24-19)25-20(29)17-13-7-6-10-16(13)30-21(17)28-11-22-26-27-28/h4-5,8-9,11-12,18H,3,6-7,10H2,1-2H3,(H,23,24)(H,25,29)/t12-,18+/m0/s1. The molecule has 0 fully saturated rings. The first kappa shape index (κ1) is 18.9. The normalized spacial score (nSPS) is 15.3. The summed E-state index contributed by atoms with van der Waals surface area (Å²) in [5.41, 5.74) is 3.71. The second kappa shape index (κ2) is 7.64. The van der Waals surface area contributed by atoms with E-state index in [9.17, 15) is 4.79 Å². The van der Waals surface area contributed by atoms with E-state index in [0.29, 0.717) is 5.56 Å². The van der Waals surface area contributed by atoms with Crippen molar-refractivity contribution in [2.45, 2.75) is 45.6 Å². The molecule has 5 rings (SSSR count). The number of hydrogen-bond donors (Lipinski definition) is 2. The average Bonchev–Trinajstić information content (AvgIpc) is 3.53. The summed E-state index contributed by atoms with van der Waals surface area (Å²) in [7, 11) is 0. The van der Waals surface area contributed by atoms with Crippen LogP contribution in [0.4, 0.5) is 0 Å². The lowest BCUT2D eigenvalue weighted by Crippen LogP contribution is -2.34. The Kier molecular flexibility index (Phi) is 4.82. The molecular formula is C21H23N7OS. The number of imidazole rings is 1. The third-order valence-electron chi connectivity index (χ3n) is 5.89. The summed E-state index contributed by atoms with van der Waals surface area (Å²) in [6, 6.07) is 7.72. The number of benzene rings is 1. The fourth-order valence-corrected chi connectivity index (χ4v) is 5.39. The number of aryl methyl sites for hydroxylation is 1. The Morgan fingerprint density at radius 1 is 1.33 bits per heavy atom. The fourth-order valence-electron chi connectivity index (χ4n) is 4.09. The predicted molar refractivity (Wildman–Crippen MR) is 115 cm³/mol. The number of aromatic amines is 1. The van der Waals surface area contributed by atoms with Crippen molar-refractivity contribution in [1.29, 1.82) is 0 Å². The van der Waals surface area contributed by atoms with Gasteiger partial charge in [0.25, 0.3) is 5.91 Å². The molecule has 3 aromatic heterocycles. The van der Waals surface area contributed by atoms with Crippen molar-refractivity contribution in [2.24, 2.45) is 5.92 Å². The highest BCUT2D eigenvalue weighted by atomic mass is 32.1. The molecule has 1 aliphatic rings. The number of H-pyrrole nitrogens is 1. The van der Waals surface area contributed by atoms with E-state index >= 15 is 0 Å². The largest absolute Gasteiger partial charge is 0.342 e. The third kappa shape index (κ3) is 3.19. The molecule has 0 spiro atoms. The summed E-state index contributed by atoms with van der Waals surface area (Å²) in [4.78, 5) is 23.0. The molecule has 0 bridgehead atoms. The van der Waals surface area contributed by atoms with Gasteiger partial charge in [-0.2, -0.15) is 4.68 Å². The maximum atomic E-state index is 13.6. The highest BCUT2D eigenvalue weighted by molar-refractivity contribution is 7.15. The van der Waals surface area contributed by atoms with E-state index in [4.69, 9.17) is 4.98 Å². The van der Waals surface area contributed by atoms with Crippen molar-refractivity contribution in [3.63, 3.8) is 0 Å². The lowest BCUT2D eigenvalue weighted by Gasteiger charge is -2.23. The van der Waals surface area contributed by atoms with Gasteiger partial charge in [0.15, 0.2) is 0 Å². The summed E-state index contributed by atoms with van der Waals surface area (Å²) in [6.45, 7) is 4.26. The van der Waals surface area contributed by atoms with Crippen LogP contribution in [-0.2, 0) is 12.8 Å². The molecule has 9 heteroatoms. The molecule has 0 saturated heterocycles. The first-order valence-electron chi connectivity index (χ1n) is 10.3. The summed E-state index contributed by atoms with van der Waals surface area (Å²) in [5, 5.41) is 15.6. The van der Waals surface area contributed by atoms with Crippen LogP contribution in [0.25, 0.3) is 16.0 Å². The molecule has 0 aliphatic heterocycles.